The number of aliphatic hydroxyl groups is 4. The van der Waals surface area contributed by atoms with Crippen LogP contribution in [0.2, 0.25) is 0 Å². The molecule has 0 spiro atoms. The number of aliphatic carboxylic acids is 1. The van der Waals surface area contributed by atoms with Gasteiger partial charge in [-0.2, -0.15) is 0 Å². The van der Waals surface area contributed by atoms with Gasteiger partial charge in [0.2, 0.25) is 11.7 Å². The maximum Gasteiger partial charge on any atom is 0.335 e. The molecule has 0 bridgehead atoms. The highest BCUT2D eigenvalue weighted by Crippen LogP contribution is 2.35. The van der Waals surface area contributed by atoms with Crippen molar-refractivity contribution in [2.45, 2.75) is 49.6 Å². The summed E-state index contributed by atoms with van der Waals surface area (Å²) in [6, 6.07) is 5.03. The SMILES string of the molecule is COc1cccc(OC2(CO)C[C@H](O)[C@H](NC(C)=O)[C@H]([C@H](O)[C@H](O)C(=O)O)O2)c1. The molecule has 11 nitrogen and oxygen atoms in total. The molecule has 29 heavy (non-hydrogen) atoms. The summed E-state index contributed by atoms with van der Waals surface area (Å²) >= 11 is 0. The van der Waals surface area contributed by atoms with Gasteiger partial charge in [-0.3, -0.25) is 4.79 Å². The molecule has 1 amide bonds. The summed E-state index contributed by atoms with van der Waals surface area (Å²) in [5.41, 5.74) is 0. The molecule has 1 unspecified atom stereocenters. The highest BCUT2D eigenvalue weighted by molar-refractivity contribution is 5.74. The third-order valence-electron chi connectivity index (χ3n) is 4.51. The van der Waals surface area contributed by atoms with Gasteiger partial charge in [0.1, 0.15) is 30.3 Å². The van der Waals surface area contributed by atoms with Gasteiger partial charge < -0.3 is 45.1 Å². The van der Waals surface area contributed by atoms with Crippen LogP contribution in [0.15, 0.2) is 24.3 Å². The number of carboxylic acids is 1. The van der Waals surface area contributed by atoms with Gasteiger partial charge in [0.05, 0.1) is 19.3 Å². The summed E-state index contributed by atoms with van der Waals surface area (Å²) in [5, 5.41) is 51.9. The summed E-state index contributed by atoms with van der Waals surface area (Å²) in [6.45, 7) is 0.380. The molecule has 162 valence electrons. The molecule has 0 aromatic heterocycles. The number of nitrogens with one attached hydrogen (secondary N) is 1. The number of amides is 1. The van der Waals surface area contributed by atoms with Crippen LogP contribution < -0.4 is 14.8 Å². The summed E-state index contributed by atoms with van der Waals surface area (Å²) in [5.74, 6) is -3.54. The largest absolute Gasteiger partial charge is 0.497 e. The van der Waals surface area contributed by atoms with Crippen LogP contribution in [-0.2, 0) is 14.3 Å². The first-order chi connectivity index (χ1) is 13.6. The van der Waals surface area contributed by atoms with Crippen molar-refractivity contribution in [2.24, 2.45) is 0 Å². The monoisotopic (exact) mass is 415 g/mol. The van der Waals surface area contributed by atoms with Gasteiger partial charge in [-0.1, -0.05) is 6.07 Å². The van der Waals surface area contributed by atoms with Crippen LogP contribution in [0.25, 0.3) is 0 Å². The highest BCUT2D eigenvalue weighted by Gasteiger charge is 2.53. The maximum atomic E-state index is 11.5. The first kappa shape index (κ1) is 22.8. The van der Waals surface area contributed by atoms with Gasteiger partial charge >= 0.3 is 5.97 Å². The van der Waals surface area contributed by atoms with Gasteiger partial charge in [-0.05, 0) is 12.1 Å². The van der Waals surface area contributed by atoms with Crippen LogP contribution >= 0.6 is 0 Å². The molecule has 1 aromatic carbocycles. The number of aliphatic hydroxyl groups excluding tert-OH is 4. The zero-order valence-corrected chi connectivity index (χ0v) is 15.9. The van der Waals surface area contributed by atoms with Gasteiger partial charge in [0.15, 0.2) is 6.10 Å². The molecule has 11 heteroatoms. The standard InChI is InChI=1S/C18H25NO10/c1-9(21)19-13-12(22)7-18(8-20,28-11-5-3-4-10(6-11)27-2)29-16(13)14(23)15(24)17(25)26/h3-6,12-16,20,22-24H,7-8H2,1-2H3,(H,19,21)(H,25,26)/t12-,13-,14+,15-,16+,18?/m0/s1. The Morgan fingerprint density at radius 1 is 1.34 bits per heavy atom. The number of rotatable bonds is 8. The fourth-order valence-electron chi connectivity index (χ4n) is 3.13. The van der Waals surface area contributed by atoms with Crippen LogP contribution in [0, 0.1) is 0 Å². The van der Waals surface area contributed by atoms with E-state index in [1.54, 1.807) is 12.1 Å². The minimum Gasteiger partial charge on any atom is -0.497 e. The number of hydrogen-bond acceptors (Lipinski definition) is 9. The van der Waals surface area contributed by atoms with Crippen LogP contribution in [0.3, 0.4) is 0 Å². The smallest absolute Gasteiger partial charge is 0.335 e. The third kappa shape index (κ3) is 5.34. The van der Waals surface area contributed by atoms with Gasteiger partial charge in [0, 0.05) is 19.4 Å². The van der Waals surface area contributed by atoms with E-state index < -0.39 is 54.7 Å². The van der Waals surface area contributed by atoms with Crippen molar-refractivity contribution in [2.75, 3.05) is 13.7 Å². The quantitative estimate of drug-likeness (QED) is 0.285. The number of ether oxygens (including phenoxy) is 3. The van der Waals surface area contributed by atoms with Crippen molar-refractivity contribution in [3.05, 3.63) is 24.3 Å². The lowest BCUT2D eigenvalue weighted by atomic mass is 9.88. The molecule has 1 aliphatic rings. The van der Waals surface area contributed by atoms with Gasteiger partial charge in [0.25, 0.3) is 0 Å². The molecule has 0 radical (unpaired) electrons. The Balaban J connectivity index is 2.36. The highest BCUT2D eigenvalue weighted by atomic mass is 16.7. The molecule has 1 fully saturated rings. The van der Waals surface area contributed by atoms with Crippen LogP contribution in [0.5, 0.6) is 11.5 Å². The Morgan fingerprint density at radius 3 is 2.55 bits per heavy atom. The summed E-state index contributed by atoms with van der Waals surface area (Å²) in [4.78, 5) is 22.6. The minimum absolute atomic E-state index is 0.204. The number of methoxy groups -OCH3 is 1. The molecule has 1 saturated heterocycles. The normalized spacial score (nSPS) is 28.8. The lowest BCUT2D eigenvalue weighted by Crippen LogP contribution is -2.68. The van der Waals surface area contributed by atoms with E-state index in [0.717, 1.165) is 6.92 Å². The molecule has 0 aliphatic carbocycles. The number of hydrogen-bond donors (Lipinski definition) is 6. The first-order valence-corrected chi connectivity index (χ1v) is 8.78. The average molecular weight is 415 g/mol. The molecule has 0 saturated carbocycles. The number of benzene rings is 1. The van der Waals surface area contributed by atoms with E-state index in [4.69, 9.17) is 19.3 Å². The van der Waals surface area contributed by atoms with E-state index in [0.29, 0.717) is 5.75 Å². The Labute approximate surface area is 166 Å². The van der Waals surface area contributed by atoms with E-state index in [-0.39, 0.29) is 12.2 Å². The number of carbonyl (C=O) groups is 2. The van der Waals surface area contributed by atoms with Crippen LogP contribution in [0.4, 0.5) is 0 Å². The predicted molar refractivity (Wildman–Crippen MR) is 96.2 cm³/mol. The topological polar surface area (TPSA) is 175 Å². The second-order valence-corrected chi connectivity index (χ2v) is 6.70. The minimum atomic E-state index is -2.27. The maximum absolute atomic E-state index is 11.5. The van der Waals surface area contributed by atoms with E-state index in [9.17, 15) is 30.0 Å². The summed E-state index contributed by atoms with van der Waals surface area (Å²) in [7, 11) is 1.44. The fourth-order valence-corrected chi connectivity index (χ4v) is 3.13. The lowest BCUT2D eigenvalue weighted by molar-refractivity contribution is -0.298. The zero-order valence-electron chi connectivity index (χ0n) is 15.9. The molecule has 6 N–H and O–H groups in total. The van der Waals surface area contributed by atoms with Crippen molar-refractivity contribution in [1.82, 2.24) is 5.32 Å². The number of carboxylic acid groups (broad SMARTS) is 1. The molecule has 1 aliphatic heterocycles. The van der Waals surface area contributed by atoms with Crippen LogP contribution in [0.1, 0.15) is 13.3 Å². The molecule has 6 atom stereocenters. The predicted octanol–water partition coefficient (Wildman–Crippen LogP) is -1.78. The summed E-state index contributed by atoms with van der Waals surface area (Å²) in [6.07, 6.45) is -7.63. The zero-order chi connectivity index (χ0) is 21.8. The Bertz CT molecular complexity index is 728. The molecule has 2 rings (SSSR count). The molecular weight excluding hydrogens is 390 g/mol. The Morgan fingerprint density at radius 2 is 2.00 bits per heavy atom. The van der Waals surface area contributed by atoms with Crippen molar-refractivity contribution in [1.29, 1.82) is 0 Å². The lowest BCUT2D eigenvalue weighted by Gasteiger charge is -2.47. The van der Waals surface area contributed by atoms with Crippen LogP contribution in [-0.4, -0.2) is 87.4 Å². The first-order valence-electron chi connectivity index (χ1n) is 8.78. The van der Waals surface area contributed by atoms with E-state index >= 15 is 0 Å². The molecule has 1 aromatic rings. The van der Waals surface area contributed by atoms with Gasteiger partial charge in [-0.15, -0.1) is 0 Å². The summed E-state index contributed by atoms with van der Waals surface area (Å²) < 4.78 is 16.5. The van der Waals surface area contributed by atoms with E-state index in [1.807, 2.05) is 0 Å². The van der Waals surface area contributed by atoms with E-state index in [2.05, 4.69) is 5.32 Å². The number of carbonyl (C=O) groups excluding carboxylic acids is 1. The molecule has 1 heterocycles. The van der Waals surface area contributed by atoms with Crippen molar-refractivity contribution in [3.63, 3.8) is 0 Å². The van der Waals surface area contributed by atoms with Crippen molar-refractivity contribution in [3.8, 4) is 11.5 Å². The Kier molecular flexibility index (Phi) is 7.38. The second kappa shape index (κ2) is 9.37. The molecular formula is C18H25NO10. The van der Waals surface area contributed by atoms with Crippen molar-refractivity contribution < 1.29 is 49.3 Å². The van der Waals surface area contributed by atoms with Gasteiger partial charge in [-0.25, -0.2) is 4.79 Å². The Hall–Kier alpha value is -2.44. The average Bonchev–Trinajstić information content (AvgIpc) is 2.68. The van der Waals surface area contributed by atoms with Crippen molar-refractivity contribution >= 4 is 11.9 Å². The second-order valence-electron chi connectivity index (χ2n) is 6.70. The third-order valence-corrected chi connectivity index (χ3v) is 4.51. The van der Waals surface area contributed by atoms with E-state index in [1.165, 1.54) is 19.2 Å². The fraction of sp³-hybridized carbons (Fsp3) is 0.556.